The molecule has 3 nitrogen and oxygen atoms in total. The van der Waals surface area contributed by atoms with Crippen molar-refractivity contribution < 1.29 is 14.3 Å². The molecule has 0 spiro atoms. The minimum absolute atomic E-state index is 0.385. The molecule has 1 aromatic rings. The number of halogens is 1. The molecule has 0 fully saturated rings. The predicted octanol–water partition coefficient (Wildman–Crippen LogP) is 2.00. The maximum Gasteiger partial charge on any atom is 0.357 e. The highest BCUT2D eigenvalue weighted by Gasteiger charge is 2.15. The Kier molecular flexibility index (Phi) is 4.01. The fourth-order valence-electron chi connectivity index (χ4n) is 0.759. The summed E-state index contributed by atoms with van der Waals surface area (Å²) in [5, 5.41) is 0. The van der Waals surface area contributed by atoms with E-state index in [4.69, 9.17) is 4.74 Å². The Labute approximate surface area is 90.2 Å². The average molecular weight is 292 g/mol. The van der Waals surface area contributed by atoms with Gasteiger partial charge in [0.1, 0.15) is 5.75 Å². The second-order valence-electron chi connectivity index (χ2n) is 2.27. The molecule has 1 aromatic carbocycles. The van der Waals surface area contributed by atoms with Crippen LogP contribution in [0, 0.1) is 0 Å². The molecule has 0 saturated heterocycles. The number of carbonyl (C=O) groups is 1. The lowest BCUT2D eigenvalue weighted by molar-refractivity contribution is -0.143. The molecule has 0 heterocycles. The number of benzene rings is 1. The van der Waals surface area contributed by atoms with Crippen LogP contribution >= 0.6 is 22.6 Å². The Bertz CT molecular complexity index is 273. The van der Waals surface area contributed by atoms with Crippen molar-refractivity contribution in [1.29, 1.82) is 0 Å². The van der Waals surface area contributed by atoms with E-state index in [0.29, 0.717) is 5.75 Å². The Morgan fingerprint density at radius 1 is 1.38 bits per heavy atom. The zero-order chi connectivity index (χ0) is 9.68. The maximum absolute atomic E-state index is 11.0. The van der Waals surface area contributed by atoms with Gasteiger partial charge in [0, 0.05) is 0 Å². The summed E-state index contributed by atoms with van der Waals surface area (Å²) in [6.45, 7) is 0. The molecular formula is C9H9IO3. The summed E-state index contributed by atoms with van der Waals surface area (Å²) in [4.78, 5) is 11.0. The van der Waals surface area contributed by atoms with E-state index in [0.717, 1.165) is 0 Å². The van der Waals surface area contributed by atoms with Gasteiger partial charge in [0.05, 0.1) is 7.11 Å². The number of methoxy groups -OCH3 is 1. The molecule has 0 aliphatic heterocycles. The lowest BCUT2D eigenvalue weighted by atomic mass is 10.3. The maximum atomic E-state index is 11.0. The van der Waals surface area contributed by atoms with Crippen LogP contribution in [0.1, 0.15) is 0 Å². The van der Waals surface area contributed by atoms with E-state index in [1.165, 1.54) is 7.11 Å². The quantitative estimate of drug-likeness (QED) is 0.485. The largest absolute Gasteiger partial charge is 0.468 e. The molecule has 70 valence electrons. The Morgan fingerprint density at radius 3 is 2.54 bits per heavy atom. The van der Waals surface area contributed by atoms with Crippen molar-refractivity contribution in [3.05, 3.63) is 30.3 Å². The van der Waals surface area contributed by atoms with Crippen LogP contribution in [0.25, 0.3) is 0 Å². The van der Waals surface area contributed by atoms with Crippen LogP contribution in [0.3, 0.4) is 0 Å². The van der Waals surface area contributed by atoms with Gasteiger partial charge in [0.25, 0.3) is 0 Å². The van der Waals surface area contributed by atoms with Gasteiger partial charge < -0.3 is 9.47 Å². The van der Waals surface area contributed by atoms with E-state index in [-0.39, 0.29) is 5.97 Å². The number of alkyl halides is 1. The van der Waals surface area contributed by atoms with E-state index in [9.17, 15) is 4.79 Å². The first kappa shape index (κ1) is 10.3. The lowest BCUT2D eigenvalue weighted by Gasteiger charge is -2.10. The molecule has 0 radical (unpaired) electrons. The van der Waals surface area contributed by atoms with Crippen molar-refractivity contribution in [2.75, 3.05) is 7.11 Å². The minimum Gasteiger partial charge on any atom is -0.468 e. The molecule has 0 N–H and O–H groups in total. The van der Waals surface area contributed by atoms with Gasteiger partial charge in [-0.15, -0.1) is 0 Å². The van der Waals surface area contributed by atoms with E-state index in [1.807, 2.05) is 40.8 Å². The van der Waals surface area contributed by atoms with E-state index in [1.54, 1.807) is 12.1 Å². The van der Waals surface area contributed by atoms with Crippen LogP contribution in [0.2, 0.25) is 0 Å². The number of para-hydroxylation sites is 1. The topological polar surface area (TPSA) is 35.5 Å². The third-order valence-electron chi connectivity index (χ3n) is 1.37. The van der Waals surface area contributed by atoms with Gasteiger partial charge in [-0.25, -0.2) is 4.79 Å². The number of ether oxygens (including phenoxy) is 2. The number of rotatable bonds is 3. The van der Waals surface area contributed by atoms with Crippen molar-refractivity contribution >= 4 is 28.6 Å². The fourth-order valence-corrected chi connectivity index (χ4v) is 1.31. The van der Waals surface area contributed by atoms with Crippen molar-refractivity contribution in [2.45, 2.75) is 4.11 Å². The molecule has 0 saturated carbocycles. The first-order chi connectivity index (χ1) is 6.24. The van der Waals surface area contributed by atoms with Crippen LogP contribution in [0.5, 0.6) is 5.75 Å². The summed E-state index contributed by atoms with van der Waals surface area (Å²) in [6.07, 6.45) is 0. The number of esters is 1. The summed E-state index contributed by atoms with van der Waals surface area (Å²) in [5.41, 5.74) is 0. The lowest BCUT2D eigenvalue weighted by Crippen LogP contribution is -2.21. The molecule has 0 amide bonds. The zero-order valence-electron chi connectivity index (χ0n) is 7.07. The molecule has 4 heteroatoms. The minimum atomic E-state index is -0.593. The molecule has 1 rings (SSSR count). The van der Waals surface area contributed by atoms with E-state index >= 15 is 0 Å². The standard InChI is InChI=1S/C9H9IO3/c1-12-9(11)8(10)13-7-5-3-2-4-6-7/h2-6,8H,1H3. The van der Waals surface area contributed by atoms with Crippen molar-refractivity contribution in [2.24, 2.45) is 0 Å². The van der Waals surface area contributed by atoms with Crippen LogP contribution in [-0.4, -0.2) is 17.2 Å². The summed E-state index contributed by atoms with van der Waals surface area (Å²) < 4.78 is 9.20. The normalized spacial score (nSPS) is 11.8. The number of hydrogen-bond donors (Lipinski definition) is 0. The number of hydrogen-bond acceptors (Lipinski definition) is 3. The third-order valence-corrected chi connectivity index (χ3v) is 2.13. The highest BCUT2D eigenvalue weighted by Crippen LogP contribution is 2.14. The smallest absolute Gasteiger partial charge is 0.357 e. The van der Waals surface area contributed by atoms with Crippen molar-refractivity contribution in [3.63, 3.8) is 0 Å². The molecule has 1 unspecified atom stereocenters. The Morgan fingerprint density at radius 2 is 2.00 bits per heavy atom. The van der Waals surface area contributed by atoms with Crippen LogP contribution in [-0.2, 0) is 9.53 Å². The molecular weight excluding hydrogens is 283 g/mol. The summed E-state index contributed by atoms with van der Waals surface area (Å²) in [7, 11) is 1.34. The van der Waals surface area contributed by atoms with Gasteiger partial charge >= 0.3 is 5.97 Å². The average Bonchev–Trinajstić information content (AvgIpc) is 2.18. The van der Waals surface area contributed by atoms with E-state index in [2.05, 4.69) is 4.74 Å². The second-order valence-corrected chi connectivity index (χ2v) is 3.40. The summed E-state index contributed by atoms with van der Waals surface area (Å²) >= 11 is 1.87. The molecule has 0 aliphatic rings. The second kappa shape index (κ2) is 5.06. The van der Waals surface area contributed by atoms with E-state index < -0.39 is 4.11 Å². The molecule has 0 bridgehead atoms. The van der Waals surface area contributed by atoms with Crippen LogP contribution in [0.15, 0.2) is 30.3 Å². The first-order valence-electron chi connectivity index (χ1n) is 3.67. The summed E-state index contributed by atoms with van der Waals surface area (Å²) in [6, 6.07) is 9.14. The van der Waals surface area contributed by atoms with Crippen molar-refractivity contribution in [1.82, 2.24) is 0 Å². The van der Waals surface area contributed by atoms with Gasteiger partial charge in [-0.3, -0.25) is 0 Å². The Balaban J connectivity index is 2.55. The highest BCUT2D eigenvalue weighted by atomic mass is 127. The van der Waals surface area contributed by atoms with Gasteiger partial charge in [0.15, 0.2) is 0 Å². The molecule has 0 aromatic heterocycles. The zero-order valence-corrected chi connectivity index (χ0v) is 9.22. The molecule has 1 atom stereocenters. The summed E-state index contributed by atoms with van der Waals surface area (Å²) in [5.74, 6) is 0.275. The third kappa shape index (κ3) is 3.22. The Hall–Kier alpha value is -0.780. The van der Waals surface area contributed by atoms with Gasteiger partial charge in [-0.05, 0) is 34.7 Å². The molecule has 13 heavy (non-hydrogen) atoms. The highest BCUT2D eigenvalue weighted by molar-refractivity contribution is 14.1. The number of carbonyl (C=O) groups excluding carboxylic acids is 1. The monoisotopic (exact) mass is 292 g/mol. The SMILES string of the molecule is COC(=O)C(I)Oc1ccccc1. The van der Waals surface area contributed by atoms with Crippen LogP contribution < -0.4 is 4.74 Å². The van der Waals surface area contributed by atoms with Gasteiger partial charge in [0.2, 0.25) is 4.11 Å². The molecule has 0 aliphatic carbocycles. The first-order valence-corrected chi connectivity index (χ1v) is 4.92. The van der Waals surface area contributed by atoms with Gasteiger partial charge in [-0.2, -0.15) is 0 Å². The predicted molar refractivity (Wildman–Crippen MR) is 56.9 cm³/mol. The van der Waals surface area contributed by atoms with Crippen molar-refractivity contribution in [3.8, 4) is 5.75 Å². The fraction of sp³-hybridized carbons (Fsp3) is 0.222. The van der Waals surface area contributed by atoms with Crippen LogP contribution in [0.4, 0.5) is 0 Å². The van der Waals surface area contributed by atoms with Gasteiger partial charge in [-0.1, -0.05) is 18.2 Å².